The summed E-state index contributed by atoms with van der Waals surface area (Å²) in [5.41, 5.74) is 7.50. The summed E-state index contributed by atoms with van der Waals surface area (Å²) in [7, 11) is 0. The maximum atomic E-state index is 6.33. The lowest BCUT2D eigenvalue weighted by molar-refractivity contribution is 0.908. The van der Waals surface area contributed by atoms with E-state index in [9.17, 15) is 0 Å². The van der Waals surface area contributed by atoms with Crippen molar-refractivity contribution in [2.45, 2.75) is 6.04 Å². The van der Waals surface area contributed by atoms with Crippen LogP contribution in [-0.2, 0) is 0 Å². The van der Waals surface area contributed by atoms with Crippen LogP contribution >= 0.6 is 50.2 Å². The molecule has 0 radical (unpaired) electrons. The topological polar surface area (TPSA) is 26.0 Å². The molecule has 0 fully saturated rings. The molecule has 0 aliphatic heterocycles. The molecule has 1 unspecified atom stereocenters. The van der Waals surface area contributed by atoms with Gasteiger partial charge in [-0.05, 0) is 50.5 Å². The average Bonchev–Trinajstić information content (AvgIpc) is 2.95. The first-order valence-electron chi connectivity index (χ1n) is 5.33. The van der Waals surface area contributed by atoms with Gasteiger partial charge in [0, 0.05) is 14.0 Å². The molecule has 0 aliphatic rings. The molecule has 0 aliphatic carbocycles. The first-order valence-corrected chi connectivity index (χ1v) is 8.20. The van der Waals surface area contributed by atoms with Gasteiger partial charge < -0.3 is 5.73 Å². The number of thiophene rings is 2. The molecule has 0 spiro atoms. The molecule has 0 saturated heterocycles. The molecule has 1 aromatic carbocycles. The van der Waals surface area contributed by atoms with Crippen LogP contribution in [0.2, 0.25) is 4.34 Å². The maximum Gasteiger partial charge on any atom is 0.0931 e. The fraction of sp³-hybridized carbons (Fsp3) is 0.0769. The summed E-state index contributed by atoms with van der Waals surface area (Å²) in [6.07, 6.45) is 0. The summed E-state index contributed by atoms with van der Waals surface area (Å²) < 4.78 is 3.14. The van der Waals surface area contributed by atoms with Gasteiger partial charge in [0.15, 0.2) is 0 Å². The van der Waals surface area contributed by atoms with Gasteiger partial charge in [-0.15, -0.1) is 22.7 Å². The molecular formula is C13H9BrClNS2. The molecule has 3 rings (SSSR count). The number of nitrogens with two attached hydrogens (primary N) is 1. The quantitative estimate of drug-likeness (QED) is 0.649. The monoisotopic (exact) mass is 357 g/mol. The maximum absolute atomic E-state index is 6.33. The van der Waals surface area contributed by atoms with E-state index >= 15 is 0 Å². The molecule has 2 aromatic heterocycles. The van der Waals surface area contributed by atoms with E-state index in [1.807, 2.05) is 18.2 Å². The third-order valence-electron chi connectivity index (χ3n) is 2.82. The Kier molecular flexibility index (Phi) is 3.47. The minimum Gasteiger partial charge on any atom is -0.320 e. The number of hydrogen-bond donors (Lipinski definition) is 1. The van der Waals surface area contributed by atoms with Gasteiger partial charge in [0.25, 0.3) is 0 Å². The minimum atomic E-state index is -0.106. The zero-order valence-electron chi connectivity index (χ0n) is 9.19. The van der Waals surface area contributed by atoms with Crippen molar-refractivity contribution in [3.63, 3.8) is 0 Å². The van der Waals surface area contributed by atoms with E-state index in [2.05, 4.69) is 33.4 Å². The Labute approximate surface area is 126 Å². The molecule has 3 aromatic rings. The molecule has 1 atom stereocenters. The summed E-state index contributed by atoms with van der Waals surface area (Å²) in [6.45, 7) is 0. The minimum absolute atomic E-state index is 0.106. The molecular weight excluding hydrogens is 350 g/mol. The van der Waals surface area contributed by atoms with E-state index in [0.29, 0.717) is 0 Å². The molecule has 0 bridgehead atoms. The van der Waals surface area contributed by atoms with Crippen molar-refractivity contribution < 1.29 is 0 Å². The molecule has 1 nitrogen and oxygen atoms in total. The SMILES string of the molecule is NC(c1ccc(Cl)s1)c1csc2c(Br)cccc12. The molecule has 92 valence electrons. The Hall–Kier alpha value is -0.390. The highest BCUT2D eigenvalue weighted by atomic mass is 79.9. The Bertz CT molecular complexity index is 704. The van der Waals surface area contributed by atoms with Gasteiger partial charge in [-0.25, -0.2) is 0 Å². The lowest BCUT2D eigenvalue weighted by atomic mass is 10.1. The van der Waals surface area contributed by atoms with Crippen molar-refractivity contribution in [1.29, 1.82) is 0 Å². The van der Waals surface area contributed by atoms with Crippen LogP contribution in [0.1, 0.15) is 16.5 Å². The standard InChI is InChI=1S/C13H9BrClNS2/c14-9-3-1-2-7-8(6-17-13(7)9)12(16)10-4-5-11(15)18-10/h1-6,12H,16H2. The highest BCUT2D eigenvalue weighted by Crippen LogP contribution is 2.38. The Morgan fingerprint density at radius 1 is 1.22 bits per heavy atom. The fourth-order valence-corrected chi connectivity index (χ4v) is 4.67. The number of halogens is 2. The third-order valence-corrected chi connectivity index (χ3v) is 6.10. The molecule has 2 heterocycles. The zero-order valence-corrected chi connectivity index (χ0v) is 13.2. The van der Waals surface area contributed by atoms with Gasteiger partial charge in [0.2, 0.25) is 0 Å². The van der Waals surface area contributed by atoms with Crippen LogP contribution in [0.15, 0.2) is 40.2 Å². The Balaban J connectivity index is 2.12. The van der Waals surface area contributed by atoms with Crippen LogP contribution < -0.4 is 5.73 Å². The van der Waals surface area contributed by atoms with Crippen molar-refractivity contribution >= 4 is 60.3 Å². The van der Waals surface area contributed by atoms with Crippen molar-refractivity contribution in [1.82, 2.24) is 0 Å². The second-order valence-electron chi connectivity index (χ2n) is 3.93. The van der Waals surface area contributed by atoms with Crippen molar-refractivity contribution in [3.8, 4) is 0 Å². The van der Waals surface area contributed by atoms with Gasteiger partial charge >= 0.3 is 0 Å². The Morgan fingerprint density at radius 3 is 2.78 bits per heavy atom. The highest BCUT2D eigenvalue weighted by Gasteiger charge is 2.16. The van der Waals surface area contributed by atoms with Gasteiger partial charge in [-0.3, -0.25) is 0 Å². The first-order chi connectivity index (χ1) is 8.66. The largest absolute Gasteiger partial charge is 0.320 e. The number of rotatable bonds is 2. The lowest BCUT2D eigenvalue weighted by Gasteiger charge is -2.08. The summed E-state index contributed by atoms with van der Waals surface area (Å²) in [4.78, 5) is 1.10. The van der Waals surface area contributed by atoms with Gasteiger partial charge in [-0.1, -0.05) is 23.7 Å². The van der Waals surface area contributed by atoms with E-state index in [-0.39, 0.29) is 6.04 Å². The third kappa shape index (κ3) is 2.12. The molecule has 2 N–H and O–H groups in total. The second kappa shape index (κ2) is 4.94. The summed E-state index contributed by atoms with van der Waals surface area (Å²) >= 11 is 12.8. The molecule has 0 saturated carbocycles. The van der Waals surface area contributed by atoms with E-state index < -0.39 is 0 Å². The van der Waals surface area contributed by atoms with Crippen molar-refractivity contribution in [2.24, 2.45) is 5.73 Å². The summed E-state index contributed by atoms with van der Waals surface area (Å²) in [5, 5.41) is 3.35. The number of benzene rings is 1. The molecule has 5 heteroatoms. The van der Waals surface area contributed by atoms with Crippen LogP contribution in [0.3, 0.4) is 0 Å². The van der Waals surface area contributed by atoms with Crippen LogP contribution in [0.25, 0.3) is 10.1 Å². The van der Waals surface area contributed by atoms with Crippen molar-refractivity contribution in [3.05, 3.63) is 55.0 Å². The number of hydrogen-bond acceptors (Lipinski definition) is 3. The van der Waals surface area contributed by atoms with Crippen LogP contribution in [0.5, 0.6) is 0 Å². The van der Waals surface area contributed by atoms with E-state index in [1.165, 1.54) is 10.1 Å². The first kappa shape index (κ1) is 12.6. The predicted molar refractivity (Wildman–Crippen MR) is 84.9 cm³/mol. The van der Waals surface area contributed by atoms with Crippen LogP contribution in [0, 0.1) is 0 Å². The van der Waals surface area contributed by atoms with Gasteiger partial charge in [0.05, 0.1) is 10.4 Å². The van der Waals surface area contributed by atoms with Crippen LogP contribution in [0.4, 0.5) is 0 Å². The second-order valence-corrected chi connectivity index (χ2v) is 7.41. The number of fused-ring (bicyclic) bond motifs is 1. The lowest BCUT2D eigenvalue weighted by Crippen LogP contribution is -2.09. The summed E-state index contributed by atoms with van der Waals surface area (Å²) in [6, 6.07) is 9.99. The van der Waals surface area contributed by atoms with E-state index in [4.69, 9.17) is 17.3 Å². The Morgan fingerprint density at radius 2 is 2.06 bits per heavy atom. The van der Waals surface area contributed by atoms with E-state index in [0.717, 1.165) is 19.2 Å². The smallest absolute Gasteiger partial charge is 0.0931 e. The normalized spacial score (nSPS) is 13.1. The predicted octanol–water partition coefficient (Wildman–Crippen LogP) is 5.43. The molecule has 0 amide bonds. The molecule has 18 heavy (non-hydrogen) atoms. The van der Waals surface area contributed by atoms with E-state index in [1.54, 1.807) is 22.7 Å². The highest BCUT2D eigenvalue weighted by molar-refractivity contribution is 9.10. The fourth-order valence-electron chi connectivity index (χ4n) is 1.93. The van der Waals surface area contributed by atoms with Crippen molar-refractivity contribution in [2.75, 3.05) is 0 Å². The zero-order chi connectivity index (χ0) is 12.7. The summed E-state index contributed by atoms with van der Waals surface area (Å²) in [5.74, 6) is 0. The average molecular weight is 359 g/mol. The van der Waals surface area contributed by atoms with Gasteiger partial charge in [0.1, 0.15) is 0 Å². The van der Waals surface area contributed by atoms with Gasteiger partial charge in [-0.2, -0.15) is 0 Å². The van der Waals surface area contributed by atoms with Crippen LogP contribution in [-0.4, -0.2) is 0 Å².